The summed E-state index contributed by atoms with van der Waals surface area (Å²) in [6.45, 7) is 3.79. The monoisotopic (exact) mass is 464 g/mol. The molecule has 0 rings (SSSR count). The topological polar surface area (TPSA) is 201 Å². The Bertz CT molecular complexity index is 398. The lowest BCUT2D eigenvalue weighted by Gasteiger charge is -2.39. The highest BCUT2D eigenvalue weighted by molar-refractivity contribution is 6.84. The van der Waals surface area contributed by atoms with Crippen molar-refractivity contribution in [1.29, 1.82) is 0 Å². The molecule has 0 heterocycles. The molecular weight excluding hydrogens is 428 g/mol. The molecule has 0 aliphatic heterocycles. The van der Waals surface area contributed by atoms with Crippen LogP contribution in [0.2, 0.25) is 24.2 Å². The molecule has 27 heavy (non-hydrogen) atoms. The molecule has 0 aliphatic rings. The molecular formula is C12H36N2O9Si4. The number of rotatable bonds is 16. The minimum Gasteiger partial charge on any atom is -0.390 e. The second-order valence-corrected chi connectivity index (χ2v) is 16.8. The Balaban J connectivity index is 5.83. The van der Waals surface area contributed by atoms with Crippen molar-refractivity contribution in [1.82, 2.24) is 0 Å². The second kappa shape index (κ2) is 12.2. The molecule has 15 heteroatoms. The summed E-state index contributed by atoms with van der Waals surface area (Å²) >= 11 is 0. The molecule has 11 nitrogen and oxygen atoms in total. The minimum atomic E-state index is -4.36. The highest BCUT2D eigenvalue weighted by atomic mass is 28.5. The Morgan fingerprint density at radius 2 is 0.926 bits per heavy atom. The quantitative estimate of drug-likeness (QED) is 0.120. The van der Waals surface area contributed by atoms with Crippen LogP contribution >= 0.6 is 0 Å². The van der Waals surface area contributed by atoms with Crippen LogP contribution in [-0.2, 0) is 12.3 Å². The zero-order chi connectivity index (χ0) is 21.2. The van der Waals surface area contributed by atoms with Crippen LogP contribution in [0.1, 0.15) is 39.5 Å². The van der Waals surface area contributed by atoms with Gasteiger partial charge < -0.3 is 52.6 Å². The summed E-state index contributed by atoms with van der Waals surface area (Å²) in [5.74, 6) is 0. The zero-order valence-corrected chi connectivity index (χ0v) is 20.1. The first-order chi connectivity index (χ1) is 12.4. The molecule has 0 saturated heterocycles. The molecule has 0 aromatic carbocycles. The van der Waals surface area contributed by atoms with Gasteiger partial charge in [-0.3, -0.25) is 0 Å². The van der Waals surface area contributed by atoms with Gasteiger partial charge in [0.1, 0.15) is 0 Å². The van der Waals surface area contributed by atoms with Crippen LogP contribution in [-0.4, -0.2) is 77.1 Å². The Morgan fingerprint density at radius 1 is 0.593 bits per heavy atom. The third kappa shape index (κ3) is 11.9. The highest BCUT2D eigenvalue weighted by Gasteiger charge is 2.58. The molecule has 0 radical (unpaired) electrons. The predicted octanol–water partition coefficient (Wildman–Crippen LogP) is -1.74. The average molecular weight is 465 g/mol. The van der Waals surface area contributed by atoms with Crippen molar-refractivity contribution in [3.05, 3.63) is 0 Å². The van der Waals surface area contributed by atoms with Crippen LogP contribution in [0, 0.1) is 0 Å². The second-order valence-electron chi connectivity index (χ2n) is 6.50. The lowest BCUT2D eigenvalue weighted by Crippen LogP contribution is -2.65. The number of hydrogen-bond donors (Lipinski definition) is 8. The summed E-state index contributed by atoms with van der Waals surface area (Å²) in [6.07, 6.45) is 1.28. The Labute approximate surface area is 165 Å². The fourth-order valence-electron chi connectivity index (χ4n) is 2.42. The fraction of sp³-hybridized carbons (Fsp3) is 1.00. The molecule has 10 N–H and O–H groups in total. The highest BCUT2D eigenvalue weighted by Crippen LogP contribution is 2.30. The molecule has 0 bridgehead atoms. The van der Waals surface area contributed by atoms with E-state index in [2.05, 4.69) is 0 Å². The van der Waals surface area contributed by atoms with Crippen molar-refractivity contribution >= 4 is 35.2 Å². The van der Waals surface area contributed by atoms with Crippen molar-refractivity contribution in [2.45, 2.75) is 63.7 Å². The van der Waals surface area contributed by atoms with E-state index >= 15 is 0 Å². The van der Waals surface area contributed by atoms with Gasteiger partial charge in [0.2, 0.25) is 0 Å². The molecule has 0 amide bonds. The molecule has 0 atom stereocenters. The van der Waals surface area contributed by atoms with Crippen LogP contribution < -0.4 is 11.5 Å². The zero-order valence-electron chi connectivity index (χ0n) is 16.1. The number of hydrogen-bond acceptors (Lipinski definition) is 11. The summed E-state index contributed by atoms with van der Waals surface area (Å²) in [5, 5.41) is 0. The molecule has 0 aliphatic carbocycles. The summed E-state index contributed by atoms with van der Waals surface area (Å²) in [6, 6.07) is -0.428. The van der Waals surface area contributed by atoms with E-state index in [1.807, 2.05) is 0 Å². The Hall–Kier alpha value is 0.428. The third-order valence-electron chi connectivity index (χ3n) is 3.50. The van der Waals surface area contributed by atoms with Crippen molar-refractivity contribution in [2.75, 3.05) is 13.1 Å². The van der Waals surface area contributed by atoms with Gasteiger partial charge in [-0.05, 0) is 25.9 Å². The number of nitrogens with two attached hydrogens (primary N) is 2. The van der Waals surface area contributed by atoms with Crippen molar-refractivity contribution in [2.24, 2.45) is 11.5 Å². The normalized spacial score (nSPS) is 14.0. The van der Waals surface area contributed by atoms with Gasteiger partial charge >= 0.3 is 35.2 Å². The molecule has 0 unspecified atom stereocenters. The minimum absolute atomic E-state index is 0.0789. The molecule has 0 spiro atoms. The first-order valence-electron chi connectivity index (χ1n) is 9.21. The van der Waals surface area contributed by atoms with E-state index in [-0.39, 0.29) is 50.1 Å². The SMILES string of the molecule is CCC[Si](O)(O)O[Si](CCCN)(O[Si](O)(O)CCC)O[Si](O)(O)CCCN. The van der Waals surface area contributed by atoms with Crippen LogP contribution in [0.15, 0.2) is 0 Å². The lowest BCUT2D eigenvalue weighted by molar-refractivity contribution is 0.100. The van der Waals surface area contributed by atoms with Gasteiger partial charge in [-0.2, -0.15) is 0 Å². The van der Waals surface area contributed by atoms with Crippen LogP contribution in [0.25, 0.3) is 0 Å². The van der Waals surface area contributed by atoms with Crippen molar-refractivity contribution in [3.63, 3.8) is 0 Å². The van der Waals surface area contributed by atoms with Gasteiger partial charge in [-0.1, -0.05) is 26.7 Å². The summed E-state index contributed by atoms with van der Waals surface area (Å²) in [7, 11) is -17.2. The predicted molar refractivity (Wildman–Crippen MR) is 107 cm³/mol. The lowest BCUT2D eigenvalue weighted by atomic mass is 10.5. The van der Waals surface area contributed by atoms with Gasteiger partial charge in [0.15, 0.2) is 0 Å². The summed E-state index contributed by atoms with van der Waals surface area (Å²) in [4.78, 5) is 61.6. The maximum atomic E-state index is 10.3. The first kappa shape index (κ1) is 27.4. The standard InChI is InChI=1S/C12H36N2O9Si4/c1-3-9-24(15,16)21-27(12-6-8-14,22-25(17,18)10-4-2)23-26(19,20)11-5-7-13/h15-20H,3-14H2,1-2H3. The van der Waals surface area contributed by atoms with Crippen molar-refractivity contribution in [3.8, 4) is 0 Å². The molecule has 164 valence electrons. The van der Waals surface area contributed by atoms with Gasteiger partial charge in [0, 0.05) is 24.2 Å². The maximum Gasteiger partial charge on any atom is 0.488 e. The van der Waals surface area contributed by atoms with Crippen LogP contribution in [0.4, 0.5) is 0 Å². The Kier molecular flexibility index (Phi) is 12.4. The fourth-order valence-corrected chi connectivity index (χ4v) is 15.1. The third-order valence-corrected chi connectivity index (χ3v) is 15.4. The maximum absolute atomic E-state index is 10.3. The van der Waals surface area contributed by atoms with E-state index in [4.69, 9.17) is 23.8 Å². The van der Waals surface area contributed by atoms with Gasteiger partial charge in [0.25, 0.3) is 0 Å². The van der Waals surface area contributed by atoms with E-state index in [1.165, 1.54) is 0 Å². The molecule has 0 saturated carbocycles. The van der Waals surface area contributed by atoms with Gasteiger partial charge in [0.05, 0.1) is 0 Å². The molecule has 0 aromatic rings. The molecule has 0 aromatic heterocycles. The van der Waals surface area contributed by atoms with Crippen LogP contribution in [0.5, 0.6) is 0 Å². The van der Waals surface area contributed by atoms with Crippen molar-refractivity contribution < 1.29 is 41.1 Å². The first-order valence-corrected chi connectivity index (χ1v) is 17.2. The van der Waals surface area contributed by atoms with E-state index in [9.17, 15) is 28.8 Å². The van der Waals surface area contributed by atoms with Gasteiger partial charge in [-0.25, -0.2) is 0 Å². The van der Waals surface area contributed by atoms with E-state index in [0.29, 0.717) is 12.8 Å². The average Bonchev–Trinajstić information content (AvgIpc) is 2.49. The summed E-state index contributed by atoms with van der Waals surface area (Å²) < 4.78 is 16.4. The van der Waals surface area contributed by atoms with Gasteiger partial charge in [-0.15, -0.1) is 0 Å². The Morgan fingerprint density at radius 3 is 1.26 bits per heavy atom. The summed E-state index contributed by atoms with van der Waals surface area (Å²) in [5.41, 5.74) is 10.9. The van der Waals surface area contributed by atoms with E-state index in [0.717, 1.165) is 0 Å². The largest absolute Gasteiger partial charge is 0.488 e. The van der Waals surface area contributed by atoms with E-state index in [1.54, 1.807) is 13.8 Å². The van der Waals surface area contributed by atoms with E-state index < -0.39 is 35.2 Å². The smallest absolute Gasteiger partial charge is 0.390 e. The van der Waals surface area contributed by atoms with Crippen LogP contribution in [0.3, 0.4) is 0 Å². The molecule has 0 fully saturated rings.